The van der Waals surface area contributed by atoms with Gasteiger partial charge in [-0.15, -0.1) is 0 Å². The lowest BCUT2D eigenvalue weighted by atomic mass is 10.3. The number of rotatable bonds is 5. The van der Waals surface area contributed by atoms with E-state index in [9.17, 15) is 8.42 Å². The summed E-state index contributed by atoms with van der Waals surface area (Å²) in [4.78, 5) is 6.44. The third-order valence-corrected chi connectivity index (χ3v) is 6.33. The largest absolute Gasteiger partial charge is 0.493 e. The molecule has 1 aliphatic rings. The number of ether oxygens (including phenoxy) is 2. The van der Waals surface area contributed by atoms with Crippen LogP contribution in [0.15, 0.2) is 41.4 Å². The van der Waals surface area contributed by atoms with Crippen LogP contribution in [0.4, 0.5) is 5.82 Å². The molecule has 9 heteroatoms. The molecule has 1 saturated heterocycles. The molecule has 142 valence electrons. The molecular weight excluding hydrogens is 368 g/mol. The molecule has 1 fully saturated rings. The van der Waals surface area contributed by atoms with Crippen LogP contribution in [-0.2, 0) is 10.0 Å². The van der Waals surface area contributed by atoms with Crippen LogP contribution >= 0.6 is 0 Å². The number of benzene rings is 1. The minimum absolute atomic E-state index is 0.171. The maximum absolute atomic E-state index is 12.9. The van der Waals surface area contributed by atoms with E-state index >= 15 is 0 Å². The van der Waals surface area contributed by atoms with Gasteiger partial charge in [-0.25, -0.2) is 13.4 Å². The van der Waals surface area contributed by atoms with Gasteiger partial charge in [0.05, 0.1) is 24.7 Å². The molecule has 2 heterocycles. The molecule has 0 aliphatic carbocycles. The average molecular weight is 388 g/mol. The van der Waals surface area contributed by atoms with Crippen molar-refractivity contribution in [3.05, 3.63) is 42.1 Å². The minimum atomic E-state index is -3.63. The summed E-state index contributed by atoms with van der Waals surface area (Å²) in [5.74, 6) is 1.59. The molecule has 0 saturated carbocycles. The van der Waals surface area contributed by atoms with Crippen LogP contribution in [0, 0.1) is 11.3 Å². The molecule has 1 aromatic heterocycles. The fourth-order valence-corrected chi connectivity index (χ4v) is 4.36. The molecule has 0 spiro atoms. The van der Waals surface area contributed by atoms with E-state index in [0.29, 0.717) is 43.2 Å². The smallest absolute Gasteiger partial charge is 0.243 e. The van der Waals surface area contributed by atoms with E-state index in [2.05, 4.69) is 4.98 Å². The zero-order valence-corrected chi connectivity index (χ0v) is 15.9. The molecule has 1 aromatic carbocycles. The van der Waals surface area contributed by atoms with Crippen LogP contribution < -0.4 is 14.4 Å². The van der Waals surface area contributed by atoms with Crippen molar-refractivity contribution in [2.75, 3.05) is 45.3 Å². The number of nitrogens with zero attached hydrogens (tertiary/aromatic N) is 4. The monoisotopic (exact) mass is 388 g/mol. The van der Waals surface area contributed by atoms with Gasteiger partial charge >= 0.3 is 0 Å². The lowest BCUT2D eigenvalue weighted by Gasteiger charge is -2.34. The number of anilines is 1. The van der Waals surface area contributed by atoms with Gasteiger partial charge in [0, 0.05) is 38.4 Å². The summed E-state index contributed by atoms with van der Waals surface area (Å²) in [6.45, 7) is 1.73. The highest BCUT2D eigenvalue weighted by Crippen LogP contribution is 2.31. The fraction of sp³-hybridized carbons (Fsp3) is 0.333. The van der Waals surface area contributed by atoms with Crippen LogP contribution in [-0.4, -0.2) is 58.1 Å². The van der Waals surface area contributed by atoms with E-state index in [1.54, 1.807) is 18.2 Å². The van der Waals surface area contributed by atoms with Gasteiger partial charge in [-0.1, -0.05) is 0 Å². The highest BCUT2D eigenvalue weighted by Gasteiger charge is 2.29. The first kappa shape index (κ1) is 18.9. The Morgan fingerprint density at radius 1 is 1.04 bits per heavy atom. The van der Waals surface area contributed by atoms with Gasteiger partial charge in [-0.05, 0) is 24.3 Å². The Balaban J connectivity index is 1.73. The van der Waals surface area contributed by atoms with Crippen molar-refractivity contribution in [3.8, 4) is 17.6 Å². The molecule has 0 amide bonds. The van der Waals surface area contributed by atoms with E-state index in [1.165, 1.54) is 36.9 Å². The topological polar surface area (TPSA) is 95.8 Å². The molecule has 0 N–H and O–H groups in total. The van der Waals surface area contributed by atoms with Crippen molar-refractivity contribution in [1.82, 2.24) is 9.29 Å². The van der Waals surface area contributed by atoms with Gasteiger partial charge in [0.15, 0.2) is 11.5 Å². The summed E-state index contributed by atoms with van der Waals surface area (Å²) in [5, 5.41) is 8.85. The SMILES string of the molecule is COc1ccc(S(=O)(=O)N2CCN(c3ccc(C#N)cn3)CC2)cc1OC. The third kappa shape index (κ3) is 3.82. The van der Waals surface area contributed by atoms with Gasteiger partial charge in [-0.3, -0.25) is 0 Å². The van der Waals surface area contributed by atoms with Gasteiger partial charge < -0.3 is 14.4 Å². The fourth-order valence-electron chi connectivity index (χ4n) is 2.92. The van der Waals surface area contributed by atoms with Crippen molar-refractivity contribution >= 4 is 15.8 Å². The predicted octanol–water partition coefficient (Wildman–Crippen LogP) is 1.48. The lowest BCUT2D eigenvalue weighted by molar-refractivity contribution is 0.353. The number of sulfonamides is 1. The Labute approximate surface area is 158 Å². The zero-order chi connectivity index (χ0) is 19.4. The van der Waals surface area contributed by atoms with Gasteiger partial charge in [-0.2, -0.15) is 9.57 Å². The quantitative estimate of drug-likeness (QED) is 0.765. The Morgan fingerprint density at radius 3 is 2.30 bits per heavy atom. The van der Waals surface area contributed by atoms with Crippen molar-refractivity contribution in [3.63, 3.8) is 0 Å². The van der Waals surface area contributed by atoms with E-state index < -0.39 is 10.0 Å². The molecule has 8 nitrogen and oxygen atoms in total. The molecule has 2 aromatic rings. The second kappa shape index (κ2) is 7.82. The molecule has 1 aliphatic heterocycles. The summed E-state index contributed by atoms with van der Waals surface area (Å²) in [6.07, 6.45) is 1.52. The molecule has 0 atom stereocenters. The maximum Gasteiger partial charge on any atom is 0.243 e. The minimum Gasteiger partial charge on any atom is -0.493 e. The Hall–Kier alpha value is -2.83. The van der Waals surface area contributed by atoms with E-state index in [-0.39, 0.29) is 4.90 Å². The molecule has 0 radical (unpaired) electrons. The van der Waals surface area contributed by atoms with Gasteiger partial charge in [0.1, 0.15) is 11.9 Å². The molecule has 0 unspecified atom stereocenters. The van der Waals surface area contributed by atoms with E-state index in [4.69, 9.17) is 14.7 Å². The number of hydrogen-bond donors (Lipinski definition) is 0. The second-order valence-corrected chi connectivity index (χ2v) is 7.86. The highest BCUT2D eigenvalue weighted by atomic mass is 32.2. The molecule has 3 rings (SSSR count). The van der Waals surface area contributed by atoms with Gasteiger partial charge in [0.25, 0.3) is 0 Å². The second-order valence-electron chi connectivity index (χ2n) is 5.92. The number of pyridine rings is 1. The van der Waals surface area contributed by atoms with Crippen molar-refractivity contribution in [2.45, 2.75) is 4.90 Å². The molecule has 27 heavy (non-hydrogen) atoms. The van der Waals surface area contributed by atoms with Crippen molar-refractivity contribution in [1.29, 1.82) is 5.26 Å². The lowest BCUT2D eigenvalue weighted by Crippen LogP contribution is -2.48. The van der Waals surface area contributed by atoms with Gasteiger partial charge in [0.2, 0.25) is 10.0 Å². The number of nitriles is 1. The molecular formula is C18H20N4O4S. The first-order valence-electron chi connectivity index (χ1n) is 8.33. The Kier molecular flexibility index (Phi) is 5.48. The van der Waals surface area contributed by atoms with Crippen molar-refractivity contribution < 1.29 is 17.9 Å². The van der Waals surface area contributed by atoms with Crippen LogP contribution in [0.5, 0.6) is 11.5 Å². The van der Waals surface area contributed by atoms with Crippen molar-refractivity contribution in [2.24, 2.45) is 0 Å². The number of piperazine rings is 1. The Morgan fingerprint density at radius 2 is 1.74 bits per heavy atom. The predicted molar refractivity (Wildman–Crippen MR) is 99.5 cm³/mol. The summed E-state index contributed by atoms with van der Waals surface area (Å²) < 4.78 is 37.7. The number of aromatic nitrogens is 1. The highest BCUT2D eigenvalue weighted by molar-refractivity contribution is 7.89. The van der Waals surface area contributed by atoms with Crippen LogP contribution in [0.3, 0.4) is 0 Å². The Bertz CT molecular complexity index is 946. The zero-order valence-electron chi connectivity index (χ0n) is 15.1. The first-order chi connectivity index (χ1) is 13.0. The average Bonchev–Trinajstić information content (AvgIpc) is 2.73. The third-order valence-electron chi connectivity index (χ3n) is 4.43. The van der Waals surface area contributed by atoms with Crippen LogP contribution in [0.25, 0.3) is 0 Å². The molecule has 0 bridgehead atoms. The van der Waals surface area contributed by atoms with Crippen LogP contribution in [0.2, 0.25) is 0 Å². The first-order valence-corrected chi connectivity index (χ1v) is 9.77. The summed E-state index contributed by atoms with van der Waals surface area (Å²) >= 11 is 0. The van der Waals surface area contributed by atoms with E-state index in [0.717, 1.165) is 5.82 Å². The van der Waals surface area contributed by atoms with Crippen LogP contribution in [0.1, 0.15) is 5.56 Å². The standard InChI is InChI=1S/C18H20N4O4S/c1-25-16-5-4-15(11-17(16)26-2)27(23,24)22-9-7-21(8-10-22)18-6-3-14(12-19)13-20-18/h3-6,11,13H,7-10H2,1-2H3. The van der Waals surface area contributed by atoms with E-state index in [1.807, 2.05) is 11.0 Å². The summed E-state index contributed by atoms with van der Waals surface area (Å²) in [7, 11) is -0.656. The normalized spacial score (nSPS) is 15.2. The number of hydrogen-bond acceptors (Lipinski definition) is 7. The number of methoxy groups -OCH3 is 2. The summed E-state index contributed by atoms with van der Waals surface area (Å²) in [6, 6.07) is 10.1. The summed E-state index contributed by atoms with van der Waals surface area (Å²) in [5.41, 5.74) is 0.494. The maximum atomic E-state index is 12.9.